The first-order chi connectivity index (χ1) is 19.1. The van der Waals surface area contributed by atoms with Crippen LogP contribution in [-0.2, 0) is 12.8 Å². The molecule has 0 unspecified atom stereocenters. The highest BCUT2D eigenvalue weighted by molar-refractivity contribution is 7.15. The maximum atomic E-state index is 15.9. The van der Waals surface area contributed by atoms with E-state index in [1.54, 1.807) is 0 Å². The van der Waals surface area contributed by atoms with E-state index < -0.39 is 89.2 Å². The Bertz CT molecular complexity index is 1780. The smallest absolute Gasteiger partial charge is 0.172 e. The number of hydrogen-bond acceptors (Lipinski definition) is 6. The Morgan fingerprint density at radius 2 is 0.800 bits per heavy atom. The van der Waals surface area contributed by atoms with E-state index >= 15 is 35.1 Å². The molecule has 0 saturated heterocycles. The second-order valence-electron chi connectivity index (χ2n) is 8.97. The molecule has 2 aromatic heterocycles. The molecule has 3 aromatic carbocycles. The minimum atomic E-state index is -2.18. The van der Waals surface area contributed by atoms with E-state index in [9.17, 15) is 0 Å². The van der Waals surface area contributed by atoms with Crippen molar-refractivity contribution in [3.05, 3.63) is 56.6 Å². The predicted octanol–water partition coefficient (Wildman–Crippen LogP) is 8.83. The monoisotopic (exact) mass is 602 g/mol. The number of halogens is 8. The average Bonchev–Trinajstić information content (AvgIpc) is 3.59. The van der Waals surface area contributed by atoms with Crippen LogP contribution in [0.25, 0.3) is 42.7 Å². The predicted molar refractivity (Wildman–Crippen MR) is 136 cm³/mol. The lowest BCUT2D eigenvalue weighted by Gasteiger charge is -2.15. The van der Waals surface area contributed by atoms with Gasteiger partial charge in [0.2, 0.25) is 0 Å². The fraction of sp³-hybridized carbons (Fsp3) is 0.308. The summed E-state index contributed by atoms with van der Waals surface area (Å²) in [6.07, 6.45) is 3.70. The third-order valence-electron chi connectivity index (χ3n) is 6.37. The first-order valence-electron chi connectivity index (χ1n) is 12.2. The molecule has 5 rings (SSSR count). The van der Waals surface area contributed by atoms with Crippen molar-refractivity contribution in [2.24, 2.45) is 0 Å². The number of fused-ring (bicyclic) bond motifs is 3. The topological polar surface area (TPSA) is 51.6 Å². The number of benzene rings is 3. The Labute approximate surface area is 229 Å². The first-order valence-corrected chi connectivity index (χ1v) is 13.9. The number of unbranched alkanes of at least 4 members (excludes halogenated alkanes) is 2. The van der Waals surface area contributed by atoms with Crippen molar-refractivity contribution in [3.63, 3.8) is 0 Å². The molecule has 210 valence electrons. The van der Waals surface area contributed by atoms with Gasteiger partial charge in [0.1, 0.15) is 21.6 Å². The summed E-state index contributed by atoms with van der Waals surface area (Å²) in [5.41, 5.74) is -2.29. The van der Waals surface area contributed by atoms with Gasteiger partial charge in [-0.15, -0.1) is 20.4 Å². The van der Waals surface area contributed by atoms with Crippen molar-refractivity contribution in [2.75, 3.05) is 0 Å². The van der Waals surface area contributed by atoms with E-state index in [-0.39, 0.29) is 0 Å². The van der Waals surface area contributed by atoms with E-state index in [4.69, 9.17) is 0 Å². The van der Waals surface area contributed by atoms with E-state index in [2.05, 4.69) is 20.4 Å². The van der Waals surface area contributed by atoms with Crippen molar-refractivity contribution in [1.82, 2.24) is 20.4 Å². The highest BCUT2D eigenvalue weighted by Crippen LogP contribution is 2.45. The van der Waals surface area contributed by atoms with Gasteiger partial charge < -0.3 is 0 Å². The van der Waals surface area contributed by atoms with Crippen LogP contribution in [0.15, 0.2) is 0 Å². The molecule has 0 bridgehead atoms. The van der Waals surface area contributed by atoms with Gasteiger partial charge >= 0.3 is 0 Å². The van der Waals surface area contributed by atoms with Gasteiger partial charge in [0.05, 0.1) is 21.9 Å². The molecule has 5 aromatic rings. The molecule has 0 saturated carbocycles. The van der Waals surface area contributed by atoms with E-state index in [1.165, 1.54) is 0 Å². The van der Waals surface area contributed by atoms with Crippen LogP contribution in [0.4, 0.5) is 35.1 Å². The van der Waals surface area contributed by atoms with Gasteiger partial charge in [0.25, 0.3) is 0 Å². The summed E-state index contributed by atoms with van der Waals surface area (Å²) in [7, 11) is 0. The number of nitrogens with zero attached hydrogens (tertiary/aromatic N) is 4. The van der Waals surface area contributed by atoms with Crippen molar-refractivity contribution in [2.45, 2.75) is 52.4 Å². The number of hydrogen-bond donors (Lipinski definition) is 0. The summed E-state index contributed by atoms with van der Waals surface area (Å²) >= 11 is 1.43. The van der Waals surface area contributed by atoms with Gasteiger partial charge in [0, 0.05) is 23.6 Å². The standard InChI is InChI=1S/C26H18F8N4S2/c1-3-5-7-9-35-37-25(39-9)15-17(27)11-12-13(20(30)21(31)14(11)22(32)24(15)34)18(28)16(23(33)19(12)29)26-38-36-10(40-26)8-6-4-2/h3-8H2,1-2H3. The molecule has 0 aliphatic carbocycles. The molecular formula is C26H18F8N4S2. The number of aryl methyl sites for hydroxylation is 2. The molecular weight excluding hydrogens is 584 g/mol. The zero-order valence-electron chi connectivity index (χ0n) is 20.9. The quantitative estimate of drug-likeness (QED) is 0.101. The minimum absolute atomic E-state index is 0.356. The second kappa shape index (κ2) is 11.0. The Kier molecular flexibility index (Phi) is 7.75. The van der Waals surface area contributed by atoms with Gasteiger partial charge in [-0.05, 0) is 12.8 Å². The van der Waals surface area contributed by atoms with Crippen molar-refractivity contribution in [3.8, 4) is 21.1 Å². The zero-order chi connectivity index (χ0) is 28.9. The van der Waals surface area contributed by atoms with Gasteiger partial charge in [-0.25, -0.2) is 35.1 Å². The summed E-state index contributed by atoms with van der Waals surface area (Å²) in [4.78, 5) is 0. The Hall–Kier alpha value is -3.26. The SMILES string of the molecule is CCCCc1nnc(-c2c(F)c(F)c3c(c2F)c(F)c(F)c2c(F)c(F)c(-c4nnc(CCCC)s4)c(F)c23)s1. The number of aromatic nitrogens is 4. The first kappa shape index (κ1) is 28.3. The highest BCUT2D eigenvalue weighted by atomic mass is 32.1. The molecule has 0 N–H and O–H groups in total. The van der Waals surface area contributed by atoms with Crippen LogP contribution in [0.3, 0.4) is 0 Å². The maximum Gasteiger partial charge on any atom is 0.172 e. The van der Waals surface area contributed by atoms with Crippen LogP contribution in [0.5, 0.6) is 0 Å². The summed E-state index contributed by atoms with van der Waals surface area (Å²) in [5.74, 6) is -15.8. The molecule has 14 heteroatoms. The van der Waals surface area contributed by atoms with E-state index in [1.807, 2.05) is 13.8 Å². The molecule has 0 atom stereocenters. The molecule has 0 fully saturated rings. The van der Waals surface area contributed by atoms with Crippen LogP contribution in [0.2, 0.25) is 0 Å². The fourth-order valence-corrected chi connectivity index (χ4v) is 6.19. The highest BCUT2D eigenvalue weighted by Gasteiger charge is 2.34. The number of rotatable bonds is 8. The lowest BCUT2D eigenvalue weighted by atomic mass is 9.94. The molecule has 0 aliphatic heterocycles. The average molecular weight is 603 g/mol. The van der Waals surface area contributed by atoms with Crippen LogP contribution < -0.4 is 0 Å². The maximum absolute atomic E-state index is 15.9. The third-order valence-corrected chi connectivity index (χ3v) is 8.37. The Morgan fingerprint density at radius 3 is 1.25 bits per heavy atom. The summed E-state index contributed by atoms with van der Waals surface area (Å²) < 4.78 is 123. The lowest BCUT2D eigenvalue weighted by Crippen LogP contribution is -2.06. The van der Waals surface area contributed by atoms with Gasteiger partial charge in [0.15, 0.2) is 44.9 Å². The van der Waals surface area contributed by atoms with E-state index in [0.717, 1.165) is 24.2 Å². The Balaban J connectivity index is 1.85. The summed E-state index contributed by atoms with van der Waals surface area (Å²) in [6, 6.07) is 0. The zero-order valence-corrected chi connectivity index (χ0v) is 22.5. The summed E-state index contributed by atoms with van der Waals surface area (Å²) in [6.45, 7) is 3.80. The molecule has 4 nitrogen and oxygen atoms in total. The van der Waals surface area contributed by atoms with Gasteiger partial charge in [-0.1, -0.05) is 49.4 Å². The molecule has 40 heavy (non-hydrogen) atoms. The molecule has 0 spiro atoms. The fourth-order valence-electron chi connectivity index (χ4n) is 4.36. The van der Waals surface area contributed by atoms with Crippen LogP contribution in [-0.4, -0.2) is 20.4 Å². The molecule has 0 radical (unpaired) electrons. The van der Waals surface area contributed by atoms with Crippen LogP contribution >= 0.6 is 22.7 Å². The lowest BCUT2D eigenvalue weighted by molar-refractivity contribution is 0.486. The minimum Gasteiger partial charge on any atom is -0.205 e. The second-order valence-corrected chi connectivity index (χ2v) is 11.1. The van der Waals surface area contributed by atoms with E-state index in [0.29, 0.717) is 47.0 Å². The van der Waals surface area contributed by atoms with Gasteiger partial charge in [-0.2, -0.15) is 0 Å². The summed E-state index contributed by atoms with van der Waals surface area (Å²) in [5, 5.41) is 8.77. The van der Waals surface area contributed by atoms with Crippen molar-refractivity contribution in [1.29, 1.82) is 0 Å². The van der Waals surface area contributed by atoms with Crippen LogP contribution in [0, 0.1) is 46.5 Å². The third kappa shape index (κ3) is 4.41. The molecule has 2 heterocycles. The molecule has 0 aliphatic rings. The van der Waals surface area contributed by atoms with Crippen molar-refractivity contribution < 1.29 is 35.1 Å². The van der Waals surface area contributed by atoms with Gasteiger partial charge in [-0.3, -0.25) is 0 Å². The normalized spacial score (nSPS) is 11.8. The molecule has 0 amide bonds. The largest absolute Gasteiger partial charge is 0.205 e. The van der Waals surface area contributed by atoms with Crippen molar-refractivity contribution >= 4 is 44.2 Å². The van der Waals surface area contributed by atoms with Crippen LogP contribution in [0.1, 0.15) is 49.5 Å². The Morgan fingerprint density at radius 1 is 0.450 bits per heavy atom.